The summed E-state index contributed by atoms with van der Waals surface area (Å²) >= 11 is 0. The number of nitrogens with one attached hydrogen (secondary N) is 2. The molecule has 3 unspecified atom stereocenters. The minimum absolute atomic E-state index is 0.183. The summed E-state index contributed by atoms with van der Waals surface area (Å²) in [6.07, 6.45) is 2.61. The van der Waals surface area contributed by atoms with Crippen molar-refractivity contribution < 1.29 is 19.1 Å². The topological polar surface area (TPSA) is 87.7 Å². The van der Waals surface area contributed by atoms with Crippen LogP contribution >= 0.6 is 0 Å². The molecule has 3 amide bonds. The number of nitrogens with zero attached hydrogens (tertiary/aromatic N) is 1. The lowest BCUT2D eigenvalue weighted by Gasteiger charge is -2.36. The first kappa shape index (κ1) is 33.6. The van der Waals surface area contributed by atoms with E-state index >= 15 is 0 Å². The minimum atomic E-state index is -0.901. The molecule has 3 atom stereocenters. The van der Waals surface area contributed by atoms with Crippen LogP contribution in [-0.4, -0.2) is 41.0 Å². The van der Waals surface area contributed by atoms with Crippen molar-refractivity contribution in [3.63, 3.8) is 0 Å². The SMILES string of the molecule is CCCCCN(C(=O)C(NC(=O)OC(C)(C)C)C(C)CC)C(C(=O)Nc1ccc2ccccc2c1)c1cc(C)cc(C)c1. The van der Waals surface area contributed by atoms with Gasteiger partial charge in [-0.1, -0.05) is 99.7 Å². The first-order chi connectivity index (χ1) is 20.3. The third-order valence-corrected chi connectivity index (χ3v) is 7.57. The maximum Gasteiger partial charge on any atom is 0.408 e. The maximum atomic E-state index is 14.5. The molecule has 0 fully saturated rings. The van der Waals surface area contributed by atoms with Crippen LogP contribution in [0, 0.1) is 19.8 Å². The number of fused-ring (bicyclic) bond motifs is 1. The largest absolute Gasteiger partial charge is 0.444 e. The molecule has 0 aliphatic rings. The number of ether oxygens (including phenoxy) is 1. The highest BCUT2D eigenvalue weighted by molar-refractivity contribution is 6.00. The van der Waals surface area contributed by atoms with E-state index in [0.29, 0.717) is 18.7 Å². The summed E-state index contributed by atoms with van der Waals surface area (Å²) < 4.78 is 5.53. The Bertz CT molecular complexity index is 1390. The van der Waals surface area contributed by atoms with Gasteiger partial charge in [-0.15, -0.1) is 0 Å². The molecule has 0 spiro atoms. The van der Waals surface area contributed by atoms with Gasteiger partial charge in [0, 0.05) is 12.2 Å². The van der Waals surface area contributed by atoms with Crippen LogP contribution in [0.15, 0.2) is 60.7 Å². The number of hydrogen-bond donors (Lipinski definition) is 2. The normalized spacial score (nSPS) is 13.6. The van der Waals surface area contributed by atoms with Crippen molar-refractivity contribution in [1.82, 2.24) is 10.2 Å². The molecule has 0 aliphatic carbocycles. The molecule has 0 aliphatic heterocycles. The van der Waals surface area contributed by atoms with Gasteiger partial charge >= 0.3 is 6.09 Å². The second-order valence-electron chi connectivity index (χ2n) is 12.6. The lowest BCUT2D eigenvalue weighted by Crippen LogP contribution is -2.55. The molecule has 0 radical (unpaired) electrons. The molecule has 43 heavy (non-hydrogen) atoms. The quantitative estimate of drug-likeness (QED) is 0.210. The van der Waals surface area contributed by atoms with E-state index in [1.165, 1.54) is 0 Å². The van der Waals surface area contributed by atoms with E-state index in [-0.39, 0.29) is 17.7 Å². The van der Waals surface area contributed by atoms with E-state index in [9.17, 15) is 14.4 Å². The molecular weight excluding hydrogens is 538 g/mol. The fraction of sp³-hybridized carbons (Fsp3) is 0.472. The van der Waals surface area contributed by atoms with Crippen LogP contribution in [-0.2, 0) is 14.3 Å². The van der Waals surface area contributed by atoms with Crippen molar-refractivity contribution in [2.24, 2.45) is 5.92 Å². The number of benzene rings is 3. The molecule has 0 bridgehead atoms. The van der Waals surface area contributed by atoms with E-state index in [2.05, 4.69) is 23.6 Å². The number of carbonyl (C=O) groups is 3. The van der Waals surface area contributed by atoms with Gasteiger partial charge in [0.05, 0.1) is 0 Å². The molecule has 232 valence electrons. The van der Waals surface area contributed by atoms with Gasteiger partial charge in [0.1, 0.15) is 17.7 Å². The molecule has 0 saturated heterocycles. The standard InChI is InChI=1S/C36H49N3O4/c1-9-11-14-19-39(34(41)31(26(5)10-2)38-35(42)43-36(6,7)8)32(29-21-24(3)20-25(4)22-29)33(40)37-30-18-17-27-15-12-13-16-28(27)23-30/h12-13,15-18,20-23,26,31-32H,9-11,14,19H2,1-8H3,(H,37,40)(H,38,42). The Morgan fingerprint density at radius 3 is 2.14 bits per heavy atom. The summed E-state index contributed by atoms with van der Waals surface area (Å²) in [4.78, 5) is 43.4. The Balaban J connectivity index is 2.08. The number of unbranched alkanes of at least 4 members (excludes halogenated alkanes) is 2. The molecule has 0 heterocycles. The Hall–Kier alpha value is -3.87. The van der Waals surface area contributed by atoms with Gasteiger partial charge in [-0.3, -0.25) is 9.59 Å². The van der Waals surface area contributed by atoms with Gasteiger partial charge in [0.15, 0.2) is 0 Å². The number of alkyl carbamates (subject to hydrolysis) is 1. The first-order valence-electron chi connectivity index (χ1n) is 15.5. The van der Waals surface area contributed by atoms with Crippen molar-refractivity contribution in [2.45, 2.75) is 98.8 Å². The average molecular weight is 588 g/mol. The van der Waals surface area contributed by atoms with E-state index in [4.69, 9.17) is 4.74 Å². The Morgan fingerprint density at radius 1 is 0.884 bits per heavy atom. The summed E-state index contributed by atoms with van der Waals surface area (Å²) in [5.41, 5.74) is 2.69. The number of hydrogen-bond acceptors (Lipinski definition) is 4. The van der Waals surface area contributed by atoms with Gasteiger partial charge in [0.2, 0.25) is 5.91 Å². The van der Waals surface area contributed by atoms with Gasteiger partial charge < -0.3 is 20.3 Å². The third-order valence-electron chi connectivity index (χ3n) is 7.57. The van der Waals surface area contributed by atoms with Crippen LogP contribution in [0.2, 0.25) is 0 Å². The number of carbonyl (C=O) groups excluding carboxylic acids is 3. The van der Waals surface area contributed by atoms with E-state index in [0.717, 1.165) is 46.7 Å². The van der Waals surface area contributed by atoms with Gasteiger partial charge in [-0.25, -0.2) is 4.79 Å². The van der Waals surface area contributed by atoms with E-state index in [1.807, 2.05) is 82.3 Å². The zero-order chi connectivity index (χ0) is 31.7. The Labute approximate surface area is 257 Å². The second-order valence-corrected chi connectivity index (χ2v) is 12.6. The number of rotatable bonds is 12. The summed E-state index contributed by atoms with van der Waals surface area (Å²) in [6, 6.07) is 18.0. The fourth-order valence-corrected chi connectivity index (χ4v) is 5.31. The summed E-state index contributed by atoms with van der Waals surface area (Å²) in [5.74, 6) is -0.781. The monoisotopic (exact) mass is 587 g/mol. The van der Waals surface area contributed by atoms with Crippen LogP contribution in [0.4, 0.5) is 10.5 Å². The summed E-state index contributed by atoms with van der Waals surface area (Å²) in [6.45, 7) is 15.7. The second kappa shape index (κ2) is 15.0. The number of aryl methyl sites for hydroxylation is 2. The highest BCUT2D eigenvalue weighted by Gasteiger charge is 2.38. The molecule has 2 N–H and O–H groups in total. The summed E-state index contributed by atoms with van der Waals surface area (Å²) in [7, 11) is 0. The minimum Gasteiger partial charge on any atom is -0.444 e. The van der Waals surface area contributed by atoms with Crippen molar-refractivity contribution >= 4 is 34.4 Å². The zero-order valence-electron chi connectivity index (χ0n) is 27.1. The highest BCUT2D eigenvalue weighted by Crippen LogP contribution is 2.29. The molecule has 0 saturated carbocycles. The molecule has 7 nitrogen and oxygen atoms in total. The first-order valence-corrected chi connectivity index (χ1v) is 15.5. The molecule has 3 aromatic carbocycles. The van der Waals surface area contributed by atoms with Crippen LogP contribution in [0.1, 0.15) is 90.0 Å². The van der Waals surface area contributed by atoms with Crippen LogP contribution in [0.5, 0.6) is 0 Å². The molecule has 3 rings (SSSR count). The van der Waals surface area contributed by atoms with E-state index in [1.54, 1.807) is 25.7 Å². The van der Waals surface area contributed by atoms with Crippen molar-refractivity contribution in [1.29, 1.82) is 0 Å². The zero-order valence-corrected chi connectivity index (χ0v) is 27.1. The lowest BCUT2D eigenvalue weighted by molar-refractivity contribution is -0.142. The smallest absolute Gasteiger partial charge is 0.408 e. The molecular formula is C36H49N3O4. The maximum absolute atomic E-state index is 14.5. The van der Waals surface area contributed by atoms with Crippen LogP contribution in [0.25, 0.3) is 10.8 Å². The molecule has 0 aromatic heterocycles. The molecule has 3 aromatic rings. The average Bonchev–Trinajstić information content (AvgIpc) is 2.93. The van der Waals surface area contributed by atoms with Crippen molar-refractivity contribution in [3.8, 4) is 0 Å². The van der Waals surface area contributed by atoms with Gasteiger partial charge in [0.25, 0.3) is 5.91 Å². The van der Waals surface area contributed by atoms with Gasteiger partial charge in [-0.05, 0) is 75.4 Å². The predicted octanol–water partition coefficient (Wildman–Crippen LogP) is 8.09. The fourth-order valence-electron chi connectivity index (χ4n) is 5.31. The lowest BCUT2D eigenvalue weighted by atomic mass is 9.94. The van der Waals surface area contributed by atoms with Crippen LogP contribution < -0.4 is 10.6 Å². The third kappa shape index (κ3) is 9.57. The number of anilines is 1. The summed E-state index contributed by atoms with van der Waals surface area (Å²) in [5, 5.41) is 8.04. The van der Waals surface area contributed by atoms with Crippen molar-refractivity contribution in [3.05, 3.63) is 77.4 Å². The van der Waals surface area contributed by atoms with Gasteiger partial charge in [-0.2, -0.15) is 0 Å². The highest BCUT2D eigenvalue weighted by atomic mass is 16.6. The predicted molar refractivity (Wildman–Crippen MR) is 175 cm³/mol. The van der Waals surface area contributed by atoms with Crippen molar-refractivity contribution in [2.75, 3.05) is 11.9 Å². The molecule has 7 heteroatoms. The van der Waals surface area contributed by atoms with E-state index < -0.39 is 23.8 Å². The van der Waals surface area contributed by atoms with Crippen LogP contribution in [0.3, 0.4) is 0 Å². The Kier molecular flexibility index (Phi) is 11.8. The Morgan fingerprint density at radius 2 is 1.53 bits per heavy atom. The number of amides is 3.